The molecule has 7 nitrogen and oxygen atoms in total. The van der Waals surface area contributed by atoms with E-state index in [2.05, 4.69) is 15.2 Å². The number of nitrogens with two attached hydrogens (primary N) is 1. The highest BCUT2D eigenvalue weighted by Gasteiger charge is 2.13. The molecule has 0 atom stereocenters. The first-order valence-electron chi connectivity index (χ1n) is 4.87. The monoisotopic (exact) mass is 228 g/mol. The van der Waals surface area contributed by atoms with Crippen LogP contribution in [0.15, 0.2) is 0 Å². The number of rotatable bonds is 4. The summed E-state index contributed by atoms with van der Waals surface area (Å²) in [6, 6.07) is 0. The van der Waals surface area contributed by atoms with Gasteiger partial charge in [0, 0.05) is 0 Å². The molecule has 0 radical (unpaired) electrons. The molecule has 0 spiro atoms. The average Bonchev–Trinajstić information content (AvgIpc) is 2.57. The summed E-state index contributed by atoms with van der Waals surface area (Å²) in [6.45, 7) is 6.26. The van der Waals surface area contributed by atoms with Crippen LogP contribution < -0.4 is 5.73 Å². The van der Waals surface area contributed by atoms with Crippen molar-refractivity contribution in [1.82, 2.24) is 15.2 Å². The van der Waals surface area contributed by atoms with Gasteiger partial charge in [0.05, 0.1) is 12.2 Å². The van der Waals surface area contributed by atoms with Crippen LogP contribution in [0.1, 0.15) is 31.4 Å². The quantitative estimate of drug-likeness (QED) is 0.569. The molecule has 0 aromatic carbocycles. The third-order valence-electron chi connectivity index (χ3n) is 1.55. The standard InChI is InChI=1S/C9H16N4O3/c1-9(2,3)16-5-4-15-7(14)6-11-8(10)13-12-6/h4-5H2,1-3H3,(H3,10,11,12,13). The van der Waals surface area contributed by atoms with Crippen LogP contribution in [0.3, 0.4) is 0 Å². The molecule has 0 aliphatic carbocycles. The number of aromatic amines is 1. The van der Waals surface area contributed by atoms with Crippen molar-refractivity contribution in [1.29, 1.82) is 0 Å². The lowest BCUT2D eigenvalue weighted by atomic mass is 10.2. The predicted octanol–water partition coefficient (Wildman–Crippen LogP) is 0.359. The zero-order valence-electron chi connectivity index (χ0n) is 9.61. The van der Waals surface area contributed by atoms with Crippen molar-refractivity contribution in [3.05, 3.63) is 5.82 Å². The van der Waals surface area contributed by atoms with Gasteiger partial charge in [-0.05, 0) is 20.8 Å². The lowest BCUT2D eigenvalue weighted by molar-refractivity contribution is -0.0284. The maximum atomic E-state index is 11.3. The van der Waals surface area contributed by atoms with Gasteiger partial charge in [-0.3, -0.25) is 5.10 Å². The van der Waals surface area contributed by atoms with E-state index in [-0.39, 0.29) is 24.0 Å². The van der Waals surface area contributed by atoms with Crippen molar-refractivity contribution < 1.29 is 14.3 Å². The van der Waals surface area contributed by atoms with Gasteiger partial charge in [0.2, 0.25) is 11.8 Å². The van der Waals surface area contributed by atoms with E-state index in [1.165, 1.54) is 0 Å². The second-order valence-electron chi connectivity index (χ2n) is 4.14. The second kappa shape index (κ2) is 4.93. The molecule has 1 rings (SSSR count). The summed E-state index contributed by atoms with van der Waals surface area (Å²) in [4.78, 5) is 14.9. The Morgan fingerprint density at radius 2 is 2.12 bits per heavy atom. The third kappa shape index (κ3) is 4.26. The maximum Gasteiger partial charge on any atom is 0.376 e. The van der Waals surface area contributed by atoms with Crippen molar-refractivity contribution in [3.8, 4) is 0 Å². The molecule has 0 unspecified atom stereocenters. The van der Waals surface area contributed by atoms with Gasteiger partial charge in [0.25, 0.3) is 0 Å². The Balaban J connectivity index is 2.26. The van der Waals surface area contributed by atoms with Crippen molar-refractivity contribution in [2.45, 2.75) is 26.4 Å². The average molecular weight is 228 g/mol. The predicted molar refractivity (Wildman–Crippen MR) is 56.8 cm³/mol. The number of esters is 1. The topological polar surface area (TPSA) is 103 Å². The van der Waals surface area contributed by atoms with Crippen LogP contribution in [0.2, 0.25) is 0 Å². The largest absolute Gasteiger partial charge is 0.457 e. The first kappa shape index (κ1) is 12.4. The third-order valence-corrected chi connectivity index (χ3v) is 1.55. The highest BCUT2D eigenvalue weighted by atomic mass is 16.6. The van der Waals surface area contributed by atoms with Gasteiger partial charge in [0.1, 0.15) is 6.61 Å². The molecule has 7 heteroatoms. The summed E-state index contributed by atoms with van der Waals surface area (Å²) in [6.07, 6.45) is 0. The van der Waals surface area contributed by atoms with Crippen LogP contribution in [0.4, 0.5) is 5.95 Å². The number of nitrogen functional groups attached to an aromatic ring is 1. The lowest BCUT2D eigenvalue weighted by Gasteiger charge is -2.18. The Hall–Kier alpha value is -1.63. The molecule has 0 saturated carbocycles. The van der Waals surface area contributed by atoms with E-state index in [0.29, 0.717) is 6.61 Å². The van der Waals surface area contributed by atoms with Crippen LogP contribution >= 0.6 is 0 Å². The molecular weight excluding hydrogens is 212 g/mol. The highest BCUT2D eigenvalue weighted by Crippen LogP contribution is 2.05. The molecule has 90 valence electrons. The van der Waals surface area contributed by atoms with Crippen LogP contribution in [0.25, 0.3) is 0 Å². The van der Waals surface area contributed by atoms with Gasteiger partial charge in [-0.15, -0.1) is 5.10 Å². The van der Waals surface area contributed by atoms with Gasteiger partial charge < -0.3 is 15.2 Å². The minimum Gasteiger partial charge on any atom is -0.457 e. The van der Waals surface area contributed by atoms with Gasteiger partial charge >= 0.3 is 5.97 Å². The van der Waals surface area contributed by atoms with Crippen molar-refractivity contribution in [2.75, 3.05) is 18.9 Å². The zero-order chi connectivity index (χ0) is 12.2. The van der Waals surface area contributed by atoms with Gasteiger partial charge in [-0.25, -0.2) is 4.79 Å². The molecular formula is C9H16N4O3. The molecule has 1 aromatic rings. The molecule has 0 aliphatic rings. The lowest BCUT2D eigenvalue weighted by Crippen LogP contribution is -2.22. The smallest absolute Gasteiger partial charge is 0.376 e. The second-order valence-corrected chi connectivity index (χ2v) is 4.14. The van der Waals surface area contributed by atoms with Crippen LogP contribution in [-0.4, -0.2) is 40.0 Å². The molecule has 0 bridgehead atoms. The Morgan fingerprint density at radius 3 is 2.62 bits per heavy atom. The fourth-order valence-electron chi connectivity index (χ4n) is 0.917. The Kier molecular flexibility index (Phi) is 3.83. The van der Waals surface area contributed by atoms with Gasteiger partial charge in [-0.1, -0.05) is 0 Å². The molecule has 0 fully saturated rings. The SMILES string of the molecule is CC(C)(C)OCCOC(=O)c1nc(N)n[nH]1. The van der Waals surface area contributed by atoms with Crippen molar-refractivity contribution >= 4 is 11.9 Å². The summed E-state index contributed by atoms with van der Waals surface area (Å²) in [5.41, 5.74) is 5.00. The fraction of sp³-hybridized carbons (Fsp3) is 0.667. The molecule has 0 saturated heterocycles. The van der Waals surface area contributed by atoms with E-state index in [1.54, 1.807) is 0 Å². The number of hydrogen-bond acceptors (Lipinski definition) is 6. The number of anilines is 1. The number of nitrogens with one attached hydrogen (secondary N) is 1. The van der Waals surface area contributed by atoms with E-state index in [0.717, 1.165) is 0 Å². The molecule has 0 aliphatic heterocycles. The van der Waals surface area contributed by atoms with Crippen molar-refractivity contribution in [3.63, 3.8) is 0 Å². The normalized spacial score (nSPS) is 11.4. The summed E-state index contributed by atoms with van der Waals surface area (Å²) < 4.78 is 10.3. The Labute approximate surface area is 93.3 Å². The number of carbonyl (C=O) groups is 1. The molecule has 3 N–H and O–H groups in total. The zero-order valence-corrected chi connectivity index (χ0v) is 9.61. The number of H-pyrrole nitrogens is 1. The summed E-state index contributed by atoms with van der Waals surface area (Å²) >= 11 is 0. The van der Waals surface area contributed by atoms with E-state index in [1.807, 2.05) is 20.8 Å². The van der Waals surface area contributed by atoms with Crippen LogP contribution in [-0.2, 0) is 9.47 Å². The van der Waals surface area contributed by atoms with Crippen LogP contribution in [0, 0.1) is 0 Å². The van der Waals surface area contributed by atoms with Crippen LogP contribution in [0.5, 0.6) is 0 Å². The van der Waals surface area contributed by atoms with Crippen molar-refractivity contribution in [2.24, 2.45) is 0 Å². The maximum absolute atomic E-state index is 11.3. The Bertz CT molecular complexity index is 356. The number of nitrogens with zero attached hydrogens (tertiary/aromatic N) is 2. The fourth-order valence-corrected chi connectivity index (χ4v) is 0.917. The minimum absolute atomic E-state index is 0.00624. The first-order valence-corrected chi connectivity index (χ1v) is 4.87. The van der Waals surface area contributed by atoms with E-state index in [4.69, 9.17) is 15.2 Å². The highest BCUT2D eigenvalue weighted by molar-refractivity contribution is 5.85. The van der Waals surface area contributed by atoms with Gasteiger partial charge in [0.15, 0.2) is 0 Å². The van der Waals surface area contributed by atoms with E-state index in [9.17, 15) is 4.79 Å². The summed E-state index contributed by atoms with van der Waals surface area (Å²) in [7, 11) is 0. The Morgan fingerprint density at radius 1 is 1.44 bits per heavy atom. The number of ether oxygens (including phenoxy) is 2. The molecule has 1 aromatic heterocycles. The van der Waals surface area contributed by atoms with Gasteiger partial charge in [-0.2, -0.15) is 4.98 Å². The number of hydrogen-bond donors (Lipinski definition) is 2. The summed E-state index contributed by atoms with van der Waals surface area (Å²) in [5.74, 6) is -0.590. The summed E-state index contributed by atoms with van der Waals surface area (Å²) in [5, 5.41) is 5.88. The van der Waals surface area contributed by atoms with E-state index >= 15 is 0 Å². The molecule has 0 amide bonds. The minimum atomic E-state index is -0.596. The molecule has 1 heterocycles. The van der Waals surface area contributed by atoms with E-state index < -0.39 is 5.97 Å². The number of aromatic nitrogens is 3. The first-order chi connectivity index (χ1) is 7.38. The molecule has 16 heavy (non-hydrogen) atoms. The number of carbonyl (C=O) groups excluding carboxylic acids is 1.